The molecule has 24 heavy (non-hydrogen) atoms. The number of hydrogen-bond donors (Lipinski definition) is 0. The molecule has 1 amide bonds. The summed E-state index contributed by atoms with van der Waals surface area (Å²) in [7, 11) is 0. The summed E-state index contributed by atoms with van der Waals surface area (Å²) in [6.07, 6.45) is 5.01. The average molecular weight is 364 g/mol. The number of allylic oxidation sites excluding steroid dienone is 1. The Balaban J connectivity index is 1.81. The van der Waals surface area contributed by atoms with Crippen molar-refractivity contribution >= 4 is 39.2 Å². The third-order valence-corrected chi connectivity index (χ3v) is 6.08. The van der Waals surface area contributed by atoms with Crippen molar-refractivity contribution in [3.63, 3.8) is 0 Å². The monoisotopic (exact) mass is 363 g/mol. The van der Waals surface area contributed by atoms with Gasteiger partial charge < -0.3 is 4.90 Å². The number of thioether (sulfide) groups is 1. The Morgan fingerprint density at radius 2 is 2.38 bits per heavy atom. The van der Waals surface area contributed by atoms with Gasteiger partial charge in [-0.3, -0.25) is 14.2 Å². The fourth-order valence-electron chi connectivity index (χ4n) is 3.01. The van der Waals surface area contributed by atoms with Crippen LogP contribution in [0.5, 0.6) is 0 Å². The van der Waals surface area contributed by atoms with Crippen LogP contribution >= 0.6 is 23.1 Å². The molecule has 1 unspecified atom stereocenters. The molecule has 3 rings (SSSR count). The molecule has 5 nitrogen and oxygen atoms in total. The SMILES string of the molecule is C=CCn1c(SCC(=O)N2CCCCC2C)nc2sccc2c1=O. The third-order valence-electron chi connectivity index (χ3n) is 4.31. The van der Waals surface area contributed by atoms with Crippen molar-refractivity contribution in [3.05, 3.63) is 34.5 Å². The molecule has 0 aliphatic carbocycles. The highest BCUT2D eigenvalue weighted by atomic mass is 32.2. The largest absolute Gasteiger partial charge is 0.339 e. The van der Waals surface area contributed by atoms with Crippen LogP contribution in [0.2, 0.25) is 0 Å². The zero-order valence-electron chi connectivity index (χ0n) is 13.7. The van der Waals surface area contributed by atoms with Gasteiger partial charge in [0.25, 0.3) is 5.56 Å². The molecule has 3 heterocycles. The molecule has 1 aliphatic rings. The van der Waals surface area contributed by atoms with Gasteiger partial charge in [-0.2, -0.15) is 0 Å². The number of amides is 1. The van der Waals surface area contributed by atoms with Crippen molar-refractivity contribution in [2.75, 3.05) is 12.3 Å². The lowest BCUT2D eigenvalue weighted by atomic mass is 10.0. The molecule has 0 saturated carbocycles. The lowest BCUT2D eigenvalue weighted by molar-refractivity contribution is -0.131. The number of aromatic nitrogens is 2. The summed E-state index contributed by atoms with van der Waals surface area (Å²) in [5.74, 6) is 0.433. The number of carbonyl (C=O) groups is 1. The zero-order chi connectivity index (χ0) is 17.1. The number of fused-ring (bicyclic) bond motifs is 1. The van der Waals surface area contributed by atoms with Gasteiger partial charge in [-0.1, -0.05) is 17.8 Å². The number of thiophene rings is 1. The van der Waals surface area contributed by atoms with Gasteiger partial charge in [0.05, 0.1) is 11.1 Å². The predicted molar refractivity (Wildman–Crippen MR) is 99.8 cm³/mol. The minimum Gasteiger partial charge on any atom is -0.339 e. The van der Waals surface area contributed by atoms with E-state index < -0.39 is 0 Å². The first-order valence-corrected chi connectivity index (χ1v) is 9.99. The highest BCUT2D eigenvalue weighted by Gasteiger charge is 2.23. The maximum absolute atomic E-state index is 12.6. The number of nitrogens with zero attached hydrogens (tertiary/aromatic N) is 3. The quantitative estimate of drug-likeness (QED) is 0.465. The Kier molecular flexibility index (Phi) is 5.40. The standard InChI is InChI=1S/C17H21N3O2S2/c1-3-8-20-16(22)13-7-10-23-15(13)18-17(20)24-11-14(21)19-9-5-4-6-12(19)2/h3,7,10,12H,1,4-6,8-9,11H2,2H3. The Bertz CT molecular complexity index is 812. The van der Waals surface area contributed by atoms with E-state index >= 15 is 0 Å². The Morgan fingerprint density at radius 1 is 1.54 bits per heavy atom. The molecular formula is C17H21N3O2S2. The van der Waals surface area contributed by atoms with Crippen LogP contribution in [-0.4, -0.2) is 38.7 Å². The van der Waals surface area contributed by atoms with Gasteiger partial charge in [0.15, 0.2) is 5.16 Å². The Hall–Kier alpha value is -1.60. The summed E-state index contributed by atoms with van der Waals surface area (Å²) < 4.78 is 1.60. The van der Waals surface area contributed by atoms with Crippen LogP contribution in [0.4, 0.5) is 0 Å². The molecule has 0 N–H and O–H groups in total. The van der Waals surface area contributed by atoms with Crippen molar-refractivity contribution in [3.8, 4) is 0 Å². The fraction of sp³-hybridized carbons (Fsp3) is 0.471. The number of rotatable bonds is 5. The zero-order valence-corrected chi connectivity index (χ0v) is 15.4. The first kappa shape index (κ1) is 17.2. The highest BCUT2D eigenvalue weighted by molar-refractivity contribution is 7.99. The van der Waals surface area contributed by atoms with Crippen molar-refractivity contribution in [2.45, 2.75) is 43.9 Å². The topological polar surface area (TPSA) is 55.2 Å². The van der Waals surface area contributed by atoms with E-state index in [2.05, 4.69) is 18.5 Å². The van der Waals surface area contributed by atoms with Crippen molar-refractivity contribution in [1.29, 1.82) is 0 Å². The van der Waals surface area contributed by atoms with E-state index in [1.165, 1.54) is 29.5 Å². The summed E-state index contributed by atoms with van der Waals surface area (Å²) in [4.78, 5) is 32.3. The molecule has 7 heteroatoms. The fourth-order valence-corrected chi connectivity index (χ4v) is 4.71. The second-order valence-electron chi connectivity index (χ2n) is 5.96. The Morgan fingerprint density at radius 3 is 3.12 bits per heavy atom. The minimum atomic E-state index is -0.0672. The van der Waals surface area contributed by atoms with E-state index in [1.807, 2.05) is 10.3 Å². The summed E-state index contributed by atoms with van der Waals surface area (Å²) >= 11 is 2.79. The number of carbonyl (C=O) groups excluding carboxylic acids is 1. The van der Waals surface area contributed by atoms with E-state index in [-0.39, 0.29) is 11.5 Å². The third kappa shape index (κ3) is 3.42. The van der Waals surface area contributed by atoms with Gasteiger partial charge in [0.1, 0.15) is 4.83 Å². The second kappa shape index (κ2) is 7.53. The lowest BCUT2D eigenvalue weighted by Crippen LogP contribution is -2.43. The van der Waals surface area contributed by atoms with Crippen molar-refractivity contribution in [1.82, 2.24) is 14.5 Å². The molecule has 2 aromatic rings. The van der Waals surface area contributed by atoms with Crippen molar-refractivity contribution < 1.29 is 4.79 Å². The molecule has 1 aliphatic heterocycles. The van der Waals surface area contributed by atoms with Crippen molar-refractivity contribution in [2.24, 2.45) is 0 Å². The van der Waals surface area contributed by atoms with Crippen LogP contribution in [0.3, 0.4) is 0 Å². The molecule has 1 saturated heterocycles. The van der Waals surface area contributed by atoms with Gasteiger partial charge in [-0.15, -0.1) is 17.9 Å². The first-order valence-electron chi connectivity index (χ1n) is 8.13. The van der Waals surface area contributed by atoms with Gasteiger partial charge >= 0.3 is 0 Å². The van der Waals surface area contributed by atoms with Gasteiger partial charge in [-0.25, -0.2) is 4.98 Å². The maximum Gasteiger partial charge on any atom is 0.263 e. The molecular weight excluding hydrogens is 342 g/mol. The molecule has 128 valence electrons. The summed E-state index contributed by atoms with van der Waals surface area (Å²) in [5.41, 5.74) is -0.0672. The van der Waals surface area contributed by atoms with Gasteiger partial charge in [0, 0.05) is 19.1 Å². The van der Waals surface area contributed by atoms with Crippen LogP contribution in [0.25, 0.3) is 10.2 Å². The molecule has 0 radical (unpaired) electrons. The molecule has 0 aromatic carbocycles. The van der Waals surface area contributed by atoms with E-state index in [0.717, 1.165) is 24.2 Å². The normalized spacial score (nSPS) is 18.0. The van der Waals surface area contributed by atoms with Gasteiger partial charge in [0.2, 0.25) is 5.91 Å². The summed E-state index contributed by atoms with van der Waals surface area (Å²) in [6, 6.07) is 2.10. The number of hydrogen-bond acceptors (Lipinski definition) is 5. The van der Waals surface area contributed by atoms with E-state index in [4.69, 9.17) is 0 Å². The second-order valence-corrected chi connectivity index (χ2v) is 7.80. The van der Waals surface area contributed by atoms with Crippen LogP contribution < -0.4 is 5.56 Å². The number of likely N-dealkylation sites (tertiary alicyclic amines) is 1. The minimum absolute atomic E-state index is 0.0672. The summed E-state index contributed by atoms with van der Waals surface area (Å²) in [5, 5.41) is 3.09. The molecule has 0 bridgehead atoms. The molecule has 1 fully saturated rings. The van der Waals surface area contributed by atoms with E-state index in [0.29, 0.717) is 28.9 Å². The van der Waals surface area contributed by atoms with Crippen LogP contribution in [0.15, 0.2) is 34.1 Å². The lowest BCUT2D eigenvalue weighted by Gasteiger charge is -2.33. The van der Waals surface area contributed by atoms with E-state index in [9.17, 15) is 9.59 Å². The van der Waals surface area contributed by atoms with Crippen LogP contribution in [0.1, 0.15) is 26.2 Å². The predicted octanol–water partition coefficient (Wildman–Crippen LogP) is 3.14. The van der Waals surface area contributed by atoms with E-state index in [1.54, 1.807) is 16.7 Å². The Labute approximate surface area is 149 Å². The molecule has 2 aromatic heterocycles. The number of piperidine rings is 1. The molecule has 1 atom stereocenters. The van der Waals surface area contributed by atoms with Gasteiger partial charge in [-0.05, 0) is 37.6 Å². The average Bonchev–Trinajstić information content (AvgIpc) is 3.05. The maximum atomic E-state index is 12.6. The highest BCUT2D eigenvalue weighted by Crippen LogP contribution is 2.23. The first-order chi connectivity index (χ1) is 11.6. The summed E-state index contributed by atoms with van der Waals surface area (Å²) in [6.45, 7) is 7.05. The smallest absolute Gasteiger partial charge is 0.263 e. The van der Waals surface area contributed by atoms with Crippen LogP contribution in [-0.2, 0) is 11.3 Å². The van der Waals surface area contributed by atoms with Crippen LogP contribution in [0, 0.1) is 0 Å². The molecule has 0 spiro atoms.